The van der Waals surface area contributed by atoms with Gasteiger partial charge in [-0.15, -0.1) is 0 Å². The molecule has 1 amide bonds. The van der Waals surface area contributed by atoms with Crippen LogP contribution in [0.15, 0.2) is 53.6 Å². The Labute approximate surface area is 185 Å². The van der Waals surface area contributed by atoms with Crippen molar-refractivity contribution in [2.45, 2.75) is 62.3 Å². The second-order valence-corrected chi connectivity index (χ2v) is 10.6. The first kappa shape index (κ1) is 22.0. The molecule has 0 unspecified atom stereocenters. The van der Waals surface area contributed by atoms with Gasteiger partial charge in [0.15, 0.2) is 0 Å². The fourth-order valence-electron chi connectivity index (χ4n) is 4.68. The standard InChI is InChI=1S/C24H31N3O3S/c28-24(26-18-22-8-4-5-15-25-22)21-13-16-27(17-14-21)31(29,30)23-11-9-20(10-12-23)19-6-2-1-3-7-19/h4-5,8-12,15,19,21H,1-3,6-7,13-14,16-18H2,(H,26,28). The van der Waals surface area contributed by atoms with Gasteiger partial charge in [0.1, 0.15) is 0 Å². The van der Waals surface area contributed by atoms with Crippen LogP contribution in [0.1, 0.15) is 62.1 Å². The Bertz CT molecular complexity index is 963. The molecule has 0 atom stereocenters. The van der Waals surface area contributed by atoms with Crippen molar-refractivity contribution in [3.63, 3.8) is 0 Å². The van der Waals surface area contributed by atoms with E-state index in [2.05, 4.69) is 10.3 Å². The number of sulfonamides is 1. The minimum absolute atomic E-state index is 0.0282. The third-order valence-electron chi connectivity index (χ3n) is 6.59. The van der Waals surface area contributed by atoms with Crippen LogP contribution >= 0.6 is 0 Å². The molecule has 1 aliphatic carbocycles. The molecule has 0 radical (unpaired) electrons. The number of carbonyl (C=O) groups excluding carboxylic acids is 1. The van der Waals surface area contributed by atoms with Crippen molar-refractivity contribution >= 4 is 15.9 Å². The van der Waals surface area contributed by atoms with Crippen molar-refractivity contribution in [3.8, 4) is 0 Å². The van der Waals surface area contributed by atoms with Crippen molar-refractivity contribution in [1.29, 1.82) is 0 Å². The predicted octanol–water partition coefficient (Wildman–Crippen LogP) is 3.85. The highest BCUT2D eigenvalue weighted by Gasteiger charge is 2.32. The molecule has 2 aliphatic rings. The van der Waals surface area contributed by atoms with Crippen molar-refractivity contribution in [2.75, 3.05) is 13.1 Å². The fourth-order valence-corrected chi connectivity index (χ4v) is 6.15. The molecular weight excluding hydrogens is 410 g/mol. The topological polar surface area (TPSA) is 79.4 Å². The summed E-state index contributed by atoms with van der Waals surface area (Å²) in [4.78, 5) is 17.0. The molecule has 2 heterocycles. The van der Waals surface area contributed by atoms with Crippen LogP contribution in [0.25, 0.3) is 0 Å². The molecule has 7 heteroatoms. The van der Waals surface area contributed by atoms with E-state index in [0.717, 1.165) is 5.69 Å². The van der Waals surface area contributed by atoms with Gasteiger partial charge in [-0.3, -0.25) is 9.78 Å². The van der Waals surface area contributed by atoms with Gasteiger partial charge in [0, 0.05) is 25.2 Å². The maximum atomic E-state index is 13.1. The quantitative estimate of drug-likeness (QED) is 0.739. The highest BCUT2D eigenvalue weighted by Crippen LogP contribution is 2.33. The molecule has 0 bridgehead atoms. The minimum atomic E-state index is -3.52. The summed E-state index contributed by atoms with van der Waals surface area (Å²) in [7, 11) is -3.52. The fraction of sp³-hybridized carbons (Fsp3) is 0.500. The molecule has 1 aromatic heterocycles. The number of hydrogen-bond donors (Lipinski definition) is 1. The normalized spacial score (nSPS) is 19.2. The summed E-state index contributed by atoms with van der Waals surface area (Å²) >= 11 is 0. The predicted molar refractivity (Wildman–Crippen MR) is 120 cm³/mol. The van der Waals surface area contributed by atoms with Crippen LogP contribution in [-0.2, 0) is 21.4 Å². The van der Waals surface area contributed by atoms with Crippen LogP contribution in [-0.4, -0.2) is 36.7 Å². The van der Waals surface area contributed by atoms with Crippen molar-refractivity contribution in [2.24, 2.45) is 5.92 Å². The van der Waals surface area contributed by atoms with Crippen LogP contribution in [0.2, 0.25) is 0 Å². The average Bonchev–Trinajstić information content (AvgIpc) is 2.84. The molecule has 1 aliphatic heterocycles. The second-order valence-electron chi connectivity index (χ2n) is 8.62. The number of aromatic nitrogens is 1. The van der Waals surface area contributed by atoms with E-state index in [-0.39, 0.29) is 11.8 Å². The zero-order valence-electron chi connectivity index (χ0n) is 17.9. The first-order valence-corrected chi connectivity index (χ1v) is 12.8. The number of pyridine rings is 1. The number of piperidine rings is 1. The maximum absolute atomic E-state index is 13.1. The van der Waals surface area contributed by atoms with Crippen LogP contribution < -0.4 is 5.32 Å². The van der Waals surface area contributed by atoms with E-state index >= 15 is 0 Å². The highest BCUT2D eigenvalue weighted by atomic mass is 32.2. The smallest absolute Gasteiger partial charge is 0.243 e. The number of benzene rings is 1. The molecule has 31 heavy (non-hydrogen) atoms. The molecule has 1 N–H and O–H groups in total. The van der Waals surface area contributed by atoms with E-state index in [0.29, 0.717) is 43.3 Å². The van der Waals surface area contributed by atoms with E-state index < -0.39 is 10.0 Å². The lowest BCUT2D eigenvalue weighted by atomic mass is 9.84. The summed E-state index contributed by atoms with van der Waals surface area (Å²) in [5, 5.41) is 2.92. The minimum Gasteiger partial charge on any atom is -0.350 e. The van der Waals surface area contributed by atoms with Gasteiger partial charge >= 0.3 is 0 Å². The lowest BCUT2D eigenvalue weighted by Crippen LogP contribution is -2.42. The Hall–Kier alpha value is -2.25. The van der Waals surface area contributed by atoms with Gasteiger partial charge in [0.05, 0.1) is 17.1 Å². The zero-order chi connectivity index (χ0) is 21.7. The van der Waals surface area contributed by atoms with Gasteiger partial charge in [0.25, 0.3) is 0 Å². The first-order chi connectivity index (χ1) is 15.0. The van der Waals surface area contributed by atoms with E-state index in [1.807, 2.05) is 30.3 Å². The number of amides is 1. The van der Waals surface area contributed by atoms with E-state index in [1.165, 1.54) is 42.0 Å². The molecule has 2 aromatic rings. The van der Waals surface area contributed by atoms with Gasteiger partial charge < -0.3 is 5.32 Å². The highest BCUT2D eigenvalue weighted by molar-refractivity contribution is 7.89. The molecule has 0 spiro atoms. The molecule has 6 nitrogen and oxygen atoms in total. The van der Waals surface area contributed by atoms with Crippen LogP contribution in [0.3, 0.4) is 0 Å². The van der Waals surface area contributed by atoms with Crippen molar-refractivity contribution in [1.82, 2.24) is 14.6 Å². The summed E-state index contributed by atoms with van der Waals surface area (Å²) in [6.07, 6.45) is 8.99. The Morgan fingerprint density at radius 1 is 0.968 bits per heavy atom. The summed E-state index contributed by atoms with van der Waals surface area (Å²) < 4.78 is 27.7. The molecule has 1 aromatic carbocycles. The Balaban J connectivity index is 1.31. The van der Waals surface area contributed by atoms with Crippen molar-refractivity contribution in [3.05, 3.63) is 59.9 Å². The lowest BCUT2D eigenvalue weighted by Gasteiger charge is -2.30. The number of hydrogen-bond acceptors (Lipinski definition) is 4. The molecule has 4 rings (SSSR count). The Morgan fingerprint density at radius 3 is 2.32 bits per heavy atom. The number of rotatable bonds is 6. The molecular formula is C24H31N3O3S. The van der Waals surface area contributed by atoms with Gasteiger partial charge in [-0.05, 0) is 61.4 Å². The second kappa shape index (κ2) is 9.92. The maximum Gasteiger partial charge on any atom is 0.243 e. The van der Waals surface area contributed by atoms with Crippen LogP contribution in [0.5, 0.6) is 0 Å². The third-order valence-corrected chi connectivity index (χ3v) is 8.50. The Morgan fingerprint density at radius 2 is 1.68 bits per heavy atom. The zero-order valence-corrected chi connectivity index (χ0v) is 18.7. The van der Waals surface area contributed by atoms with Gasteiger partial charge in [-0.2, -0.15) is 4.31 Å². The lowest BCUT2D eigenvalue weighted by molar-refractivity contribution is -0.126. The summed E-state index contributed by atoms with van der Waals surface area (Å²) in [5.74, 6) is 0.370. The summed E-state index contributed by atoms with van der Waals surface area (Å²) in [6, 6.07) is 13.1. The van der Waals surface area contributed by atoms with E-state index in [4.69, 9.17) is 0 Å². The molecule has 2 fully saturated rings. The average molecular weight is 442 g/mol. The Kier molecular flexibility index (Phi) is 7.02. The third kappa shape index (κ3) is 5.33. The number of carbonyl (C=O) groups is 1. The summed E-state index contributed by atoms with van der Waals surface area (Å²) in [6.45, 7) is 1.13. The molecule has 166 valence electrons. The van der Waals surface area contributed by atoms with Crippen LogP contribution in [0, 0.1) is 5.92 Å². The molecule has 1 saturated heterocycles. The van der Waals surface area contributed by atoms with E-state index in [9.17, 15) is 13.2 Å². The first-order valence-electron chi connectivity index (χ1n) is 11.3. The van der Waals surface area contributed by atoms with E-state index in [1.54, 1.807) is 18.3 Å². The largest absolute Gasteiger partial charge is 0.350 e. The van der Waals surface area contributed by atoms with Gasteiger partial charge in [0.2, 0.25) is 15.9 Å². The molecule has 1 saturated carbocycles. The van der Waals surface area contributed by atoms with Gasteiger partial charge in [-0.1, -0.05) is 37.5 Å². The number of nitrogens with one attached hydrogen (secondary N) is 1. The summed E-state index contributed by atoms with van der Waals surface area (Å²) in [5.41, 5.74) is 2.06. The van der Waals surface area contributed by atoms with Gasteiger partial charge in [-0.25, -0.2) is 8.42 Å². The van der Waals surface area contributed by atoms with Crippen molar-refractivity contribution < 1.29 is 13.2 Å². The van der Waals surface area contributed by atoms with Crippen LogP contribution in [0.4, 0.5) is 0 Å². The monoisotopic (exact) mass is 441 g/mol. The SMILES string of the molecule is O=C(NCc1ccccn1)C1CCN(S(=O)(=O)c2ccc(C3CCCCC3)cc2)CC1. The number of nitrogens with zero attached hydrogens (tertiary/aromatic N) is 2.